The molecule has 0 amide bonds. The van der Waals surface area contributed by atoms with Crippen LogP contribution in [0.1, 0.15) is 20.3 Å². The van der Waals surface area contributed by atoms with Crippen molar-refractivity contribution >= 4 is 17.3 Å². The van der Waals surface area contributed by atoms with E-state index in [1.165, 1.54) is 6.42 Å². The van der Waals surface area contributed by atoms with Crippen LogP contribution in [0.5, 0.6) is 5.75 Å². The quantitative estimate of drug-likeness (QED) is 0.898. The molecule has 3 nitrogen and oxygen atoms in total. The van der Waals surface area contributed by atoms with Crippen LogP contribution in [0.25, 0.3) is 0 Å². The zero-order valence-electron chi connectivity index (χ0n) is 11.9. The van der Waals surface area contributed by atoms with E-state index in [4.69, 9.17) is 16.3 Å². The average molecular weight is 283 g/mol. The normalized spacial score (nSPS) is 19.2. The standard InChI is InChI=1S/C15H23ClN2O/c1-11(2)17-9-12-6-7-18(10-12)14-8-13(16)4-5-15(14)19-3/h4-5,8,11-12,17H,6-7,9-10H2,1-3H3. The molecule has 2 rings (SSSR count). The van der Waals surface area contributed by atoms with Crippen molar-refractivity contribution in [2.24, 2.45) is 5.92 Å². The van der Waals surface area contributed by atoms with Gasteiger partial charge in [-0.15, -0.1) is 0 Å². The molecule has 0 aliphatic carbocycles. The molecule has 106 valence electrons. The van der Waals surface area contributed by atoms with Gasteiger partial charge in [-0.3, -0.25) is 0 Å². The Morgan fingerprint density at radius 3 is 2.95 bits per heavy atom. The molecule has 0 radical (unpaired) electrons. The maximum absolute atomic E-state index is 6.10. The molecule has 4 heteroatoms. The van der Waals surface area contributed by atoms with Crippen LogP contribution in [0.3, 0.4) is 0 Å². The van der Waals surface area contributed by atoms with Gasteiger partial charge in [0.25, 0.3) is 0 Å². The van der Waals surface area contributed by atoms with E-state index in [0.29, 0.717) is 12.0 Å². The summed E-state index contributed by atoms with van der Waals surface area (Å²) in [5.74, 6) is 1.60. The van der Waals surface area contributed by atoms with Gasteiger partial charge in [-0.1, -0.05) is 25.4 Å². The molecule has 1 saturated heterocycles. The number of benzene rings is 1. The van der Waals surface area contributed by atoms with Gasteiger partial charge in [-0.25, -0.2) is 0 Å². The number of methoxy groups -OCH3 is 1. The highest BCUT2D eigenvalue weighted by Gasteiger charge is 2.24. The summed E-state index contributed by atoms with van der Waals surface area (Å²) in [4.78, 5) is 2.37. The van der Waals surface area contributed by atoms with Gasteiger partial charge in [0, 0.05) is 24.2 Å². The van der Waals surface area contributed by atoms with Crippen molar-refractivity contribution in [2.45, 2.75) is 26.3 Å². The minimum atomic E-state index is 0.551. The van der Waals surface area contributed by atoms with Crippen LogP contribution in [0, 0.1) is 5.92 Å². The average Bonchev–Trinajstić information content (AvgIpc) is 2.85. The number of ether oxygens (including phenoxy) is 1. The Hall–Kier alpha value is -0.930. The van der Waals surface area contributed by atoms with E-state index in [9.17, 15) is 0 Å². The largest absolute Gasteiger partial charge is 0.495 e. The highest BCUT2D eigenvalue weighted by Crippen LogP contribution is 2.34. The molecule has 1 unspecified atom stereocenters. The summed E-state index contributed by atoms with van der Waals surface area (Å²) in [5, 5.41) is 4.28. The summed E-state index contributed by atoms with van der Waals surface area (Å²) in [5.41, 5.74) is 1.11. The predicted octanol–water partition coefficient (Wildman–Crippen LogP) is 3.17. The Balaban J connectivity index is 2.02. The fraction of sp³-hybridized carbons (Fsp3) is 0.600. The molecule has 0 saturated carbocycles. The first kappa shape index (κ1) is 14.5. The SMILES string of the molecule is COc1ccc(Cl)cc1N1CCC(CNC(C)C)C1. The first-order valence-corrected chi connectivity index (χ1v) is 7.30. The Bertz CT molecular complexity index is 423. The molecular weight excluding hydrogens is 260 g/mol. The fourth-order valence-electron chi connectivity index (χ4n) is 2.53. The van der Waals surface area contributed by atoms with Crippen molar-refractivity contribution in [1.29, 1.82) is 0 Å². The summed E-state index contributed by atoms with van der Waals surface area (Å²) in [7, 11) is 1.71. The fourth-order valence-corrected chi connectivity index (χ4v) is 2.70. The van der Waals surface area contributed by atoms with E-state index in [1.807, 2.05) is 18.2 Å². The maximum Gasteiger partial charge on any atom is 0.142 e. The molecule has 1 aromatic rings. The smallest absolute Gasteiger partial charge is 0.142 e. The maximum atomic E-state index is 6.10. The molecule has 1 N–H and O–H groups in total. The molecule has 0 aromatic heterocycles. The van der Waals surface area contributed by atoms with Crippen LogP contribution in [-0.4, -0.2) is 32.8 Å². The van der Waals surface area contributed by atoms with E-state index in [2.05, 4.69) is 24.1 Å². The first-order chi connectivity index (χ1) is 9.10. The molecule has 1 atom stereocenters. The lowest BCUT2D eigenvalue weighted by molar-refractivity contribution is 0.414. The van der Waals surface area contributed by atoms with Gasteiger partial charge in [-0.05, 0) is 37.1 Å². The minimum Gasteiger partial charge on any atom is -0.495 e. The van der Waals surface area contributed by atoms with Gasteiger partial charge in [-0.2, -0.15) is 0 Å². The zero-order chi connectivity index (χ0) is 13.8. The van der Waals surface area contributed by atoms with E-state index >= 15 is 0 Å². The van der Waals surface area contributed by atoms with Crippen LogP contribution >= 0.6 is 11.6 Å². The van der Waals surface area contributed by atoms with Crippen LogP contribution in [0.2, 0.25) is 5.02 Å². The Morgan fingerprint density at radius 1 is 1.47 bits per heavy atom. The first-order valence-electron chi connectivity index (χ1n) is 6.92. The zero-order valence-corrected chi connectivity index (χ0v) is 12.7. The Kier molecular flexibility index (Phi) is 4.94. The molecule has 1 aliphatic heterocycles. The summed E-state index contributed by atoms with van der Waals surface area (Å²) < 4.78 is 5.43. The van der Waals surface area contributed by atoms with Gasteiger partial charge < -0.3 is 15.0 Å². The van der Waals surface area contributed by atoms with Crippen LogP contribution in [0.4, 0.5) is 5.69 Å². The van der Waals surface area contributed by atoms with Gasteiger partial charge in [0.05, 0.1) is 12.8 Å². The van der Waals surface area contributed by atoms with E-state index in [-0.39, 0.29) is 0 Å². The Labute approximate surface area is 120 Å². The summed E-state index contributed by atoms with van der Waals surface area (Å²) in [6, 6.07) is 6.36. The van der Waals surface area contributed by atoms with Gasteiger partial charge >= 0.3 is 0 Å². The molecule has 1 aromatic carbocycles. The third kappa shape index (κ3) is 3.77. The number of halogens is 1. The monoisotopic (exact) mass is 282 g/mol. The number of anilines is 1. The van der Waals surface area contributed by atoms with Crippen LogP contribution in [-0.2, 0) is 0 Å². The molecule has 1 fully saturated rings. The molecule has 19 heavy (non-hydrogen) atoms. The Morgan fingerprint density at radius 2 is 2.26 bits per heavy atom. The van der Waals surface area contributed by atoms with Crippen LogP contribution < -0.4 is 15.0 Å². The highest BCUT2D eigenvalue weighted by atomic mass is 35.5. The van der Waals surface area contributed by atoms with Crippen LogP contribution in [0.15, 0.2) is 18.2 Å². The minimum absolute atomic E-state index is 0.551. The summed E-state index contributed by atoms with van der Waals surface area (Å²) in [6.07, 6.45) is 1.22. The summed E-state index contributed by atoms with van der Waals surface area (Å²) in [6.45, 7) is 7.59. The topological polar surface area (TPSA) is 24.5 Å². The molecule has 1 heterocycles. The van der Waals surface area contributed by atoms with E-state index < -0.39 is 0 Å². The van der Waals surface area contributed by atoms with Crippen molar-refractivity contribution in [2.75, 3.05) is 31.6 Å². The highest BCUT2D eigenvalue weighted by molar-refractivity contribution is 6.30. The van der Waals surface area contributed by atoms with Crippen molar-refractivity contribution in [1.82, 2.24) is 5.32 Å². The number of nitrogens with zero attached hydrogens (tertiary/aromatic N) is 1. The third-order valence-electron chi connectivity index (χ3n) is 3.58. The second-order valence-corrected chi connectivity index (χ2v) is 5.92. The van der Waals surface area contributed by atoms with Crippen molar-refractivity contribution < 1.29 is 4.74 Å². The lowest BCUT2D eigenvalue weighted by atomic mass is 10.1. The van der Waals surface area contributed by atoms with E-state index in [1.54, 1.807) is 7.11 Å². The second-order valence-electron chi connectivity index (χ2n) is 5.48. The van der Waals surface area contributed by atoms with Crippen molar-refractivity contribution in [3.8, 4) is 5.75 Å². The lowest BCUT2D eigenvalue weighted by Gasteiger charge is -2.22. The van der Waals surface area contributed by atoms with Gasteiger partial charge in [0.1, 0.15) is 5.75 Å². The molecule has 0 spiro atoms. The van der Waals surface area contributed by atoms with E-state index in [0.717, 1.165) is 36.1 Å². The molecular formula is C15H23ClN2O. The second kappa shape index (κ2) is 6.49. The van der Waals surface area contributed by atoms with Crippen molar-refractivity contribution in [3.63, 3.8) is 0 Å². The number of nitrogens with one attached hydrogen (secondary N) is 1. The van der Waals surface area contributed by atoms with Gasteiger partial charge in [0.2, 0.25) is 0 Å². The number of rotatable bonds is 5. The third-order valence-corrected chi connectivity index (χ3v) is 3.82. The summed E-state index contributed by atoms with van der Waals surface area (Å²) >= 11 is 6.10. The lowest BCUT2D eigenvalue weighted by Crippen LogP contribution is -2.30. The predicted molar refractivity (Wildman–Crippen MR) is 81.5 cm³/mol. The number of hydrogen-bond acceptors (Lipinski definition) is 3. The van der Waals surface area contributed by atoms with Crippen molar-refractivity contribution in [3.05, 3.63) is 23.2 Å². The molecule has 1 aliphatic rings. The van der Waals surface area contributed by atoms with Gasteiger partial charge in [0.15, 0.2) is 0 Å². The molecule has 0 bridgehead atoms. The number of hydrogen-bond donors (Lipinski definition) is 1.